The molecular formula is C16H25N3O2. The highest BCUT2D eigenvalue weighted by atomic mass is 16.5. The van der Waals surface area contributed by atoms with Gasteiger partial charge in [0.05, 0.1) is 19.3 Å². The van der Waals surface area contributed by atoms with Crippen LogP contribution < -0.4 is 15.8 Å². The minimum Gasteiger partial charge on any atom is -0.497 e. The second-order valence-corrected chi connectivity index (χ2v) is 6.15. The molecule has 1 fully saturated rings. The molecule has 0 bridgehead atoms. The number of anilines is 1. The third-order valence-corrected chi connectivity index (χ3v) is 4.35. The van der Waals surface area contributed by atoms with E-state index in [9.17, 15) is 0 Å². The summed E-state index contributed by atoms with van der Waals surface area (Å²) >= 11 is 0. The molecule has 0 radical (unpaired) electrons. The van der Waals surface area contributed by atoms with Crippen LogP contribution in [0, 0.1) is 11.3 Å². The molecule has 0 aliphatic heterocycles. The lowest BCUT2D eigenvalue weighted by Crippen LogP contribution is -2.61. The number of nitrogens with two attached hydrogens (primary N) is 1. The van der Waals surface area contributed by atoms with Crippen molar-refractivity contribution in [1.82, 2.24) is 0 Å². The van der Waals surface area contributed by atoms with E-state index in [1.54, 1.807) is 14.2 Å². The quantitative estimate of drug-likeness (QED) is 0.660. The number of nitrogens with zero attached hydrogens (tertiary/aromatic N) is 1. The molecule has 3 atom stereocenters. The first-order valence-electron chi connectivity index (χ1n) is 7.17. The zero-order valence-electron chi connectivity index (χ0n) is 13.4. The Morgan fingerprint density at radius 2 is 2.05 bits per heavy atom. The van der Waals surface area contributed by atoms with Gasteiger partial charge in [-0.1, -0.05) is 26.8 Å². The fourth-order valence-corrected chi connectivity index (χ4v) is 3.40. The highest BCUT2D eigenvalue weighted by Crippen LogP contribution is 2.48. The summed E-state index contributed by atoms with van der Waals surface area (Å²) in [6.07, 6.45) is 0.218. The highest BCUT2D eigenvalue weighted by Gasteiger charge is 2.54. The van der Waals surface area contributed by atoms with Crippen LogP contribution in [-0.4, -0.2) is 32.3 Å². The zero-order chi connectivity index (χ0) is 15.6. The number of aliphatic imine (C=N–C) groups is 1. The van der Waals surface area contributed by atoms with Gasteiger partial charge < -0.3 is 20.5 Å². The molecular weight excluding hydrogens is 266 g/mol. The molecule has 1 aliphatic carbocycles. The van der Waals surface area contributed by atoms with E-state index in [0.717, 1.165) is 11.4 Å². The molecule has 1 aliphatic rings. The Labute approximate surface area is 126 Å². The van der Waals surface area contributed by atoms with Gasteiger partial charge in [-0.3, -0.25) is 0 Å². The van der Waals surface area contributed by atoms with Gasteiger partial charge in [-0.25, -0.2) is 4.99 Å². The van der Waals surface area contributed by atoms with E-state index in [0.29, 0.717) is 11.9 Å². The maximum atomic E-state index is 6.04. The molecule has 5 nitrogen and oxygen atoms in total. The molecule has 0 saturated heterocycles. The number of rotatable bonds is 4. The monoisotopic (exact) mass is 291 g/mol. The van der Waals surface area contributed by atoms with Gasteiger partial charge in [0.2, 0.25) is 0 Å². The molecule has 0 heterocycles. The number of hydrogen-bond acceptors (Lipinski definition) is 3. The van der Waals surface area contributed by atoms with Crippen LogP contribution in [0.4, 0.5) is 5.69 Å². The molecule has 1 saturated carbocycles. The molecule has 1 aromatic carbocycles. The molecule has 1 aromatic rings. The normalized spacial score (nSPS) is 27.9. The van der Waals surface area contributed by atoms with Crippen molar-refractivity contribution in [3.05, 3.63) is 24.3 Å². The Morgan fingerprint density at radius 3 is 2.62 bits per heavy atom. The van der Waals surface area contributed by atoms with E-state index in [1.165, 1.54) is 0 Å². The average Bonchev–Trinajstić information content (AvgIpc) is 2.45. The molecule has 116 valence electrons. The molecule has 2 rings (SSSR count). The molecule has 3 N–H and O–H groups in total. The first-order valence-corrected chi connectivity index (χ1v) is 7.17. The van der Waals surface area contributed by atoms with Crippen LogP contribution in [0.25, 0.3) is 0 Å². The van der Waals surface area contributed by atoms with Crippen molar-refractivity contribution < 1.29 is 9.47 Å². The van der Waals surface area contributed by atoms with E-state index in [4.69, 9.17) is 15.2 Å². The summed E-state index contributed by atoms with van der Waals surface area (Å²) in [4.78, 5) is 4.63. The highest BCUT2D eigenvalue weighted by molar-refractivity contribution is 5.92. The third-order valence-electron chi connectivity index (χ3n) is 4.35. The van der Waals surface area contributed by atoms with Gasteiger partial charge in [0.25, 0.3) is 0 Å². The summed E-state index contributed by atoms with van der Waals surface area (Å²) in [5.74, 6) is 1.56. The number of benzene rings is 1. The second-order valence-electron chi connectivity index (χ2n) is 6.15. The number of methoxy groups -OCH3 is 2. The van der Waals surface area contributed by atoms with Crippen molar-refractivity contribution in [3.63, 3.8) is 0 Å². The van der Waals surface area contributed by atoms with E-state index in [2.05, 4.69) is 31.1 Å². The van der Waals surface area contributed by atoms with Crippen molar-refractivity contribution in [2.24, 2.45) is 22.1 Å². The minimum atomic E-state index is -0.00511. The Hall–Kier alpha value is -1.75. The third kappa shape index (κ3) is 2.97. The van der Waals surface area contributed by atoms with Crippen LogP contribution in [0.3, 0.4) is 0 Å². The average molecular weight is 291 g/mol. The maximum absolute atomic E-state index is 6.04. The van der Waals surface area contributed by atoms with Crippen molar-refractivity contribution in [2.75, 3.05) is 19.5 Å². The Balaban J connectivity index is 2.08. The zero-order valence-corrected chi connectivity index (χ0v) is 13.4. The van der Waals surface area contributed by atoms with Crippen molar-refractivity contribution in [3.8, 4) is 5.75 Å². The summed E-state index contributed by atoms with van der Waals surface area (Å²) in [5, 5.41) is 3.11. The van der Waals surface area contributed by atoms with Gasteiger partial charge in [0, 0.05) is 30.2 Å². The second kappa shape index (κ2) is 5.93. The first-order chi connectivity index (χ1) is 9.90. The van der Waals surface area contributed by atoms with Crippen molar-refractivity contribution >= 4 is 11.6 Å². The first kappa shape index (κ1) is 15.6. The van der Waals surface area contributed by atoms with Crippen molar-refractivity contribution in [2.45, 2.75) is 32.9 Å². The Bertz CT molecular complexity index is 528. The summed E-state index contributed by atoms with van der Waals surface area (Å²) in [6, 6.07) is 7.76. The predicted octanol–water partition coefficient (Wildman–Crippen LogP) is 2.48. The van der Waals surface area contributed by atoms with Gasteiger partial charge in [-0.15, -0.1) is 0 Å². The van der Waals surface area contributed by atoms with Crippen LogP contribution >= 0.6 is 0 Å². The van der Waals surface area contributed by atoms with Gasteiger partial charge >= 0.3 is 0 Å². The fraction of sp³-hybridized carbons (Fsp3) is 0.562. The molecule has 3 unspecified atom stereocenters. The number of guanidine groups is 1. The predicted molar refractivity (Wildman–Crippen MR) is 85.8 cm³/mol. The van der Waals surface area contributed by atoms with Crippen LogP contribution in [0.2, 0.25) is 0 Å². The Morgan fingerprint density at radius 1 is 1.33 bits per heavy atom. The molecule has 5 heteroatoms. The molecule has 0 aromatic heterocycles. The SMILES string of the molecule is COc1cccc(NC(N)=NC2C(C)C(OC)C2(C)C)c1. The number of nitrogens with one attached hydrogen (secondary N) is 1. The smallest absolute Gasteiger partial charge is 0.193 e. The number of hydrogen-bond donors (Lipinski definition) is 2. The van der Waals surface area contributed by atoms with Gasteiger partial charge in [-0.05, 0) is 12.1 Å². The minimum absolute atomic E-state index is 0.00511. The summed E-state index contributed by atoms with van der Waals surface area (Å²) < 4.78 is 10.7. The van der Waals surface area contributed by atoms with E-state index >= 15 is 0 Å². The molecule has 0 amide bonds. The lowest BCUT2D eigenvalue weighted by atomic mass is 9.58. The van der Waals surface area contributed by atoms with Gasteiger partial charge in [0.1, 0.15) is 5.75 Å². The fourth-order valence-electron chi connectivity index (χ4n) is 3.40. The van der Waals surface area contributed by atoms with Gasteiger partial charge in [0.15, 0.2) is 5.96 Å². The topological polar surface area (TPSA) is 68.9 Å². The Kier molecular flexibility index (Phi) is 4.42. The molecule has 0 spiro atoms. The van der Waals surface area contributed by atoms with Crippen LogP contribution in [0.5, 0.6) is 5.75 Å². The van der Waals surface area contributed by atoms with E-state index in [1.807, 2.05) is 24.3 Å². The van der Waals surface area contributed by atoms with Crippen LogP contribution in [0.15, 0.2) is 29.3 Å². The lowest BCUT2D eigenvalue weighted by Gasteiger charge is -2.54. The summed E-state index contributed by atoms with van der Waals surface area (Å²) in [5.41, 5.74) is 6.89. The maximum Gasteiger partial charge on any atom is 0.193 e. The molecule has 21 heavy (non-hydrogen) atoms. The van der Waals surface area contributed by atoms with E-state index in [-0.39, 0.29) is 17.6 Å². The number of ether oxygens (including phenoxy) is 2. The van der Waals surface area contributed by atoms with E-state index < -0.39 is 0 Å². The van der Waals surface area contributed by atoms with Crippen LogP contribution in [-0.2, 0) is 4.74 Å². The lowest BCUT2D eigenvalue weighted by molar-refractivity contribution is -0.132. The summed E-state index contributed by atoms with van der Waals surface area (Å²) in [6.45, 7) is 6.47. The summed E-state index contributed by atoms with van der Waals surface area (Å²) in [7, 11) is 3.39. The van der Waals surface area contributed by atoms with Crippen molar-refractivity contribution in [1.29, 1.82) is 0 Å². The standard InChI is InChI=1S/C16H25N3O2/c1-10-13(16(2,3)14(10)21-5)19-15(17)18-11-7-6-8-12(9-11)20-4/h6-10,13-14H,1-5H3,(H3,17,18,19). The largest absolute Gasteiger partial charge is 0.497 e. The van der Waals surface area contributed by atoms with Gasteiger partial charge in [-0.2, -0.15) is 0 Å². The van der Waals surface area contributed by atoms with Crippen LogP contribution in [0.1, 0.15) is 20.8 Å².